The monoisotopic (exact) mass is 384 g/mol. The third-order valence-corrected chi connectivity index (χ3v) is 3.62. The average Bonchev–Trinajstić information content (AvgIpc) is 2.63. The molecule has 0 aliphatic rings. The molecule has 0 saturated carbocycles. The van der Waals surface area contributed by atoms with Crippen LogP contribution < -0.4 is 10.2 Å². The summed E-state index contributed by atoms with van der Waals surface area (Å²) in [6, 6.07) is 15.3. The van der Waals surface area contributed by atoms with Gasteiger partial charge in [0.15, 0.2) is 0 Å². The zero-order chi connectivity index (χ0) is 20.7. The largest absolute Gasteiger partial charge is 0.480 e. The van der Waals surface area contributed by atoms with Gasteiger partial charge in [0.1, 0.15) is 12.1 Å². The standard InChI is InChI=1S/C21H24N2O5/c1-21(2,3)28-20(27)22-13-15-8-7-11-17(12-15)23(14-18(24)25)19(26)16-9-5-4-6-10-16/h4-12H,13-14H2,1-3H3,(H,22,27)(H,24,25). The number of carbonyl (C=O) groups excluding carboxylic acids is 2. The number of anilines is 1. The van der Waals surface area contributed by atoms with Gasteiger partial charge < -0.3 is 15.2 Å². The fourth-order valence-corrected chi connectivity index (χ4v) is 2.47. The zero-order valence-corrected chi connectivity index (χ0v) is 16.1. The Hall–Kier alpha value is -3.35. The van der Waals surface area contributed by atoms with Crippen molar-refractivity contribution in [3.05, 3.63) is 65.7 Å². The molecule has 28 heavy (non-hydrogen) atoms. The molecule has 0 aliphatic heterocycles. The molecule has 0 atom stereocenters. The van der Waals surface area contributed by atoms with Crippen LogP contribution in [-0.4, -0.2) is 35.2 Å². The van der Waals surface area contributed by atoms with E-state index in [2.05, 4.69) is 5.32 Å². The van der Waals surface area contributed by atoms with E-state index in [1.807, 2.05) is 0 Å². The molecule has 0 spiro atoms. The molecule has 2 rings (SSSR count). The van der Waals surface area contributed by atoms with Gasteiger partial charge in [-0.2, -0.15) is 0 Å². The van der Waals surface area contributed by atoms with Crippen LogP contribution in [0.25, 0.3) is 0 Å². The number of benzene rings is 2. The maximum absolute atomic E-state index is 12.8. The first-order chi connectivity index (χ1) is 13.2. The third-order valence-electron chi connectivity index (χ3n) is 3.62. The minimum Gasteiger partial charge on any atom is -0.480 e. The first-order valence-electron chi connectivity index (χ1n) is 8.80. The fourth-order valence-electron chi connectivity index (χ4n) is 2.47. The van der Waals surface area contributed by atoms with Crippen LogP contribution in [-0.2, 0) is 16.1 Å². The molecule has 0 aromatic heterocycles. The maximum atomic E-state index is 12.8. The molecule has 0 saturated heterocycles. The van der Waals surface area contributed by atoms with Crippen LogP contribution in [0.5, 0.6) is 0 Å². The van der Waals surface area contributed by atoms with Crippen LogP contribution in [0.2, 0.25) is 0 Å². The second kappa shape index (κ2) is 9.03. The fraction of sp³-hybridized carbons (Fsp3) is 0.286. The number of alkyl carbamates (subject to hydrolysis) is 1. The molecule has 0 fully saturated rings. The molecule has 0 radical (unpaired) electrons. The number of ether oxygens (including phenoxy) is 1. The number of rotatable bonds is 6. The minimum atomic E-state index is -1.12. The van der Waals surface area contributed by atoms with Crippen molar-refractivity contribution in [3.8, 4) is 0 Å². The van der Waals surface area contributed by atoms with Gasteiger partial charge in [-0.05, 0) is 50.6 Å². The molecular formula is C21H24N2O5. The first kappa shape index (κ1) is 21.0. The Bertz CT molecular complexity index is 843. The van der Waals surface area contributed by atoms with E-state index in [1.54, 1.807) is 75.4 Å². The first-order valence-corrected chi connectivity index (χ1v) is 8.80. The molecule has 2 N–H and O–H groups in total. The Balaban J connectivity index is 2.18. The predicted molar refractivity (Wildman–Crippen MR) is 105 cm³/mol. The quantitative estimate of drug-likeness (QED) is 0.795. The van der Waals surface area contributed by atoms with E-state index in [4.69, 9.17) is 4.74 Å². The lowest BCUT2D eigenvalue weighted by Crippen LogP contribution is -2.36. The number of hydrogen-bond donors (Lipinski definition) is 2. The number of hydrogen-bond acceptors (Lipinski definition) is 4. The lowest BCUT2D eigenvalue weighted by molar-refractivity contribution is -0.135. The van der Waals surface area contributed by atoms with E-state index >= 15 is 0 Å². The van der Waals surface area contributed by atoms with Gasteiger partial charge in [0.2, 0.25) is 0 Å². The molecule has 2 aromatic carbocycles. The van der Waals surface area contributed by atoms with Crippen molar-refractivity contribution in [2.45, 2.75) is 32.9 Å². The summed E-state index contributed by atoms with van der Waals surface area (Å²) in [6.07, 6.45) is -0.555. The van der Waals surface area contributed by atoms with Crippen molar-refractivity contribution in [3.63, 3.8) is 0 Å². The van der Waals surface area contributed by atoms with Gasteiger partial charge in [0, 0.05) is 17.8 Å². The van der Waals surface area contributed by atoms with Crippen LogP contribution in [0, 0.1) is 0 Å². The number of carbonyl (C=O) groups is 3. The summed E-state index contributed by atoms with van der Waals surface area (Å²) in [5.41, 5.74) is 0.923. The lowest BCUT2D eigenvalue weighted by atomic mass is 10.1. The van der Waals surface area contributed by atoms with Crippen molar-refractivity contribution >= 4 is 23.7 Å². The highest BCUT2D eigenvalue weighted by Gasteiger charge is 2.21. The summed E-state index contributed by atoms with van der Waals surface area (Å²) < 4.78 is 5.19. The molecular weight excluding hydrogens is 360 g/mol. The Kier molecular flexibility index (Phi) is 6.76. The van der Waals surface area contributed by atoms with Gasteiger partial charge in [-0.3, -0.25) is 14.5 Å². The number of nitrogens with zero attached hydrogens (tertiary/aromatic N) is 1. The SMILES string of the molecule is CC(C)(C)OC(=O)NCc1cccc(N(CC(=O)O)C(=O)c2ccccc2)c1. The van der Waals surface area contributed by atoms with E-state index in [9.17, 15) is 19.5 Å². The molecule has 7 heteroatoms. The van der Waals surface area contributed by atoms with Crippen molar-refractivity contribution in [1.29, 1.82) is 0 Å². The molecule has 2 aromatic rings. The summed E-state index contributed by atoms with van der Waals surface area (Å²) in [6.45, 7) is 5.02. The molecule has 0 bridgehead atoms. The molecule has 2 amide bonds. The van der Waals surface area contributed by atoms with Gasteiger partial charge in [-0.1, -0.05) is 30.3 Å². The highest BCUT2D eigenvalue weighted by atomic mass is 16.6. The number of amides is 2. The predicted octanol–water partition coefficient (Wildman–Crippen LogP) is 3.44. The van der Waals surface area contributed by atoms with Crippen molar-refractivity contribution in [2.24, 2.45) is 0 Å². The van der Waals surface area contributed by atoms with Gasteiger partial charge in [-0.25, -0.2) is 4.79 Å². The Morgan fingerprint density at radius 2 is 1.71 bits per heavy atom. The summed E-state index contributed by atoms with van der Waals surface area (Å²) in [7, 11) is 0. The lowest BCUT2D eigenvalue weighted by Gasteiger charge is -2.22. The van der Waals surface area contributed by atoms with Gasteiger partial charge in [-0.15, -0.1) is 0 Å². The maximum Gasteiger partial charge on any atom is 0.407 e. The van der Waals surface area contributed by atoms with E-state index in [0.29, 0.717) is 16.8 Å². The zero-order valence-electron chi connectivity index (χ0n) is 16.1. The van der Waals surface area contributed by atoms with Crippen LogP contribution in [0.3, 0.4) is 0 Å². The van der Waals surface area contributed by atoms with Crippen LogP contribution in [0.1, 0.15) is 36.7 Å². The molecule has 0 aliphatic carbocycles. The minimum absolute atomic E-state index is 0.184. The molecule has 0 unspecified atom stereocenters. The van der Waals surface area contributed by atoms with Crippen molar-refractivity contribution < 1.29 is 24.2 Å². The van der Waals surface area contributed by atoms with E-state index in [1.165, 1.54) is 4.90 Å². The topological polar surface area (TPSA) is 95.9 Å². The normalized spacial score (nSPS) is 10.8. The summed E-state index contributed by atoms with van der Waals surface area (Å²) in [5, 5.41) is 11.9. The Morgan fingerprint density at radius 1 is 1.04 bits per heavy atom. The summed E-state index contributed by atoms with van der Waals surface area (Å²) >= 11 is 0. The van der Waals surface area contributed by atoms with Crippen LogP contribution >= 0.6 is 0 Å². The highest BCUT2D eigenvalue weighted by Crippen LogP contribution is 2.19. The van der Waals surface area contributed by atoms with Crippen LogP contribution in [0.15, 0.2) is 54.6 Å². The van der Waals surface area contributed by atoms with Gasteiger partial charge in [0.05, 0.1) is 0 Å². The van der Waals surface area contributed by atoms with Crippen molar-refractivity contribution in [2.75, 3.05) is 11.4 Å². The van der Waals surface area contributed by atoms with E-state index < -0.39 is 30.1 Å². The molecule has 7 nitrogen and oxygen atoms in total. The van der Waals surface area contributed by atoms with Gasteiger partial charge in [0.25, 0.3) is 5.91 Å². The molecule has 148 valence electrons. The Labute approximate surface area is 163 Å². The molecule has 0 heterocycles. The second-order valence-electron chi connectivity index (χ2n) is 7.18. The number of carboxylic acid groups (broad SMARTS) is 1. The van der Waals surface area contributed by atoms with E-state index in [-0.39, 0.29) is 6.54 Å². The Morgan fingerprint density at radius 3 is 2.32 bits per heavy atom. The highest BCUT2D eigenvalue weighted by molar-refractivity contribution is 6.08. The summed E-state index contributed by atoms with van der Waals surface area (Å²) in [5.74, 6) is -1.54. The number of nitrogens with one attached hydrogen (secondary N) is 1. The summed E-state index contributed by atoms with van der Waals surface area (Å²) in [4.78, 5) is 37.1. The van der Waals surface area contributed by atoms with Gasteiger partial charge >= 0.3 is 12.1 Å². The number of carboxylic acids is 1. The smallest absolute Gasteiger partial charge is 0.407 e. The van der Waals surface area contributed by atoms with E-state index in [0.717, 1.165) is 0 Å². The average molecular weight is 384 g/mol. The van der Waals surface area contributed by atoms with Crippen molar-refractivity contribution in [1.82, 2.24) is 5.32 Å². The third kappa shape index (κ3) is 6.42. The van der Waals surface area contributed by atoms with Crippen LogP contribution in [0.4, 0.5) is 10.5 Å². The second-order valence-corrected chi connectivity index (χ2v) is 7.18. The number of aliphatic carboxylic acids is 1.